The first kappa shape index (κ1) is 16.8. The average molecular weight is 331 g/mol. The minimum atomic E-state index is -1.36. The van der Waals surface area contributed by atoms with Crippen LogP contribution in [0.25, 0.3) is 10.6 Å². The maximum absolute atomic E-state index is 12.5. The molecule has 0 aliphatic heterocycles. The zero-order valence-corrected chi connectivity index (χ0v) is 14.1. The number of carbonyl (C=O) groups excluding carboxylic acids is 2. The molecule has 2 aromatic heterocycles. The fourth-order valence-electron chi connectivity index (χ4n) is 2.02. The lowest BCUT2D eigenvalue weighted by atomic mass is 10.0. The minimum Gasteiger partial charge on any atom is -0.352 e. The number of aromatic nitrogens is 3. The van der Waals surface area contributed by atoms with E-state index in [2.05, 4.69) is 15.4 Å². The molecule has 2 rings (SSSR count). The van der Waals surface area contributed by atoms with E-state index >= 15 is 0 Å². The first-order valence-corrected chi connectivity index (χ1v) is 7.85. The average Bonchev–Trinajstić information content (AvgIpc) is 3.04. The van der Waals surface area contributed by atoms with Crippen molar-refractivity contribution in [3.8, 4) is 16.6 Å². The highest BCUT2D eigenvalue weighted by atomic mass is 32.1. The molecule has 2 aromatic rings. The Balaban J connectivity index is 2.30. The predicted octanol–water partition coefficient (Wildman–Crippen LogP) is 1.70. The number of hydrogen-bond acceptors (Lipinski definition) is 6. The SMILES string of the molecule is Cc1nc(-c2cnn(C)c2)sc1C(=O)[C@H](C#N)C(=O)NC(C)C. The van der Waals surface area contributed by atoms with E-state index in [1.54, 1.807) is 51.0 Å². The molecule has 1 atom stereocenters. The van der Waals surface area contributed by atoms with E-state index in [1.165, 1.54) is 11.3 Å². The van der Waals surface area contributed by atoms with E-state index < -0.39 is 17.6 Å². The third-order valence-electron chi connectivity index (χ3n) is 3.06. The molecule has 0 saturated heterocycles. The quantitative estimate of drug-likeness (QED) is 0.664. The van der Waals surface area contributed by atoms with Gasteiger partial charge in [0.25, 0.3) is 0 Å². The third kappa shape index (κ3) is 3.63. The van der Waals surface area contributed by atoms with Gasteiger partial charge in [0.2, 0.25) is 11.7 Å². The number of carbonyl (C=O) groups is 2. The van der Waals surface area contributed by atoms with E-state index in [0.29, 0.717) is 15.6 Å². The van der Waals surface area contributed by atoms with Crippen LogP contribution in [-0.4, -0.2) is 32.5 Å². The summed E-state index contributed by atoms with van der Waals surface area (Å²) in [6, 6.07) is 1.65. The van der Waals surface area contributed by atoms with Gasteiger partial charge in [-0.25, -0.2) is 4.98 Å². The van der Waals surface area contributed by atoms with E-state index in [9.17, 15) is 14.9 Å². The third-order valence-corrected chi connectivity index (χ3v) is 4.28. The van der Waals surface area contributed by atoms with Crippen LogP contribution in [0, 0.1) is 24.2 Å². The maximum atomic E-state index is 12.5. The number of nitrogens with zero attached hydrogens (tertiary/aromatic N) is 4. The Morgan fingerprint density at radius 1 is 1.43 bits per heavy atom. The Hall–Kier alpha value is -2.53. The summed E-state index contributed by atoms with van der Waals surface area (Å²) in [6.45, 7) is 5.24. The van der Waals surface area contributed by atoms with Gasteiger partial charge in [-0.3, -0.25) is 14.3 Å². The van der Waals surface area contributed by atoms with Crippen molar-refractivity contribution < 1.29 is 9.59 Å². The molecule has 1 N–H and O–H groups in total. The second kappa shape index (κ2) is 6.71. The van der Waals surface area contributed by atoms with Crippen LogP contribution in [0.4, 0.5) is 0 Å². The highest BCUT2D eigenvalue weighted by Gasteiger charge is 2.31. The molecule has 0 fully saturated rings. The van der Waals surface area contributed by atoms with Gasteiger partial charge in [-0.05, 0) is 20.8 Å². The van der Waals surface area contributed by atoms with Crippen LogP contribution >= 0.6 is 11.3 Å². The Bertz CT molecular complexity index is 784. The maximum Gasteiger partial charge on any atom is 0.245 e. The molecule has 0 aromatic carbocycles. The fraction of sp³-hybridized carbons (Fsp3) is 0.400. The van der Waals surface area contributed by atoms with Crippen molar-refractivity contribution in [2.75, 3.05) is 0 Å². The van der Waals surface area contributed by atoms with Gasteiger partial charge < -0.3 is 5.32 Å². The fourth-order valence-corrected chi connectivity index (χ4v) is 3.03. The lowest BCUT2D eigenvalue weighted by Crippen LogP contribution is -2.38. The monoisotopic (exact) mass is 331 g/mol. The number of rotatable bonds is 5. The van der Waals surface area contributed by atoms with Crippen LogP contribution in [-0.2, 0) is 11.8 Å². The van der Waals surface area contributed by atoms with E-state index in [4.69, 9.17) is 0 Å². The summed E-state index contributed by atoms with van der Waals surface area (Å²) >= 11 is 1.17. The number of ketones is 1. The molecule has 0 aliphatic rings. The summed E-state index contributed by atoms with van der Waals surface area (Å²) in [4.78, 5) is 29.2. The highest BCUT2D eigenvalue weighted by molar-refractivity contribution is 7.17. The van der Waals surface area contributed by atoms with Gasteiger partial charge in [0.05, 0.1) is 22.8 Å². The molecule has 8 heteroatoms. The van der Waals surface area contributed by atoms with E-state index in [1.807, 2.05) is 0 Å². The second-order valence-corrected chi connectivity index (χ2v) is 6.42. The highest BCUT2D eigenvalue weighted by Crippen LogP contribution is 2.29. The summed E-state index contributed by atoms with van der Waals surface area (Å²) in [7, 11) is 1.79. The standard InChI is InChI=1S/C15H17N5O2S/c1-8(2)18-14(22)11(5-16)12(21)13-9(3)19-15(23-13)10-6-17-20(4)7-10/h6-8,11H,1-4H3,(H,18,22)/t11-/m0/s1. The molecule has 0 bridgehead atoms. The van der Waals surface area contributed by atoms with Gasteiger partial charge in [0.1, 0.15) is 5.01 Å². The topological polar surface area (TPSA) is 101 Å². The van der Waals surface area contributed by atoms with Crippen LogP contribution in [0.2, 0.25) is 0 Å². The molecule has 0 unspecified atom stereocenters. The van der Waals surface area contributed by atoms with Gasteiger partial charge >= 0.3 is 0 Å². The Kier molecular flexibility index (Phi) is 4.91. The van der Waals surface area contributed by atoms with Gasteiger partial charge in [-0.1, -0.05) is 0 Å². The first-order chi connectivity index (χ1) is 10.8. The van der Waals surface area contributed by atoms with Crippen molar-refractivity contribution in [1.29, 1.82) is 5.26 Å². The van der Waals surface area contributed by atoms with Crippen molar-refractivity contribution in [3.63, 3.8) is 0 Å². The lowest BCUT2D eigenvalue weighted by molar-refractivity contribution is -0.122. The van der Waals surface area contributed by atoms with Crippen LogP contribution in [0.3, 0.4) is 0 Å². The molecule has 120 valence electrons. The van der Waals surface area contributed by atoms with Crippen LogP contribution < -0.4 is 5.32 Å². The summed E-state index contributed by atoms with van der Waals surface area (Å²) < 4.78 is 1.64. The number of aryl methyl sites for hydroxylation is 2. The molecule has 23 heavy (non-hydrogen) atoms. The second-order valence-electron chi connectivity index (χ2n) is 5.43. The van der Waals surface area contributed by atoms with Gasteiger partial charge in [-0.2, -0.15) is 10.4 Å². The molecule has 1 amide bonds. The summed E-state index contributed by atoms with van der Waals surface area (Å²) in [5.41, 5.74) is 1.30. The molecule has 0 saturated carbocycles. The van der Waals surface area contributed by atoms with Crippen molar-refractivity contribution in [3.05, 3.63) is 23.0 Å². The van der Waals surface area contributed by atoms with Crippen LogP contribution in [0.5, 0.6) is 0 Å². The van der Waals surface area contributed by atoms with Crippen molar-refractivity contribution in [2.45, 2.75) is 26.8 Å². The molecule has 7 nitrogen and oxygen atoms in total. The van der Waals surface area contributed by atoms with Crippen LogP contribution in [0.1, 0.15) is 29.2 Å². The van der Waals surface area contributed by atoms with Crippen molar-refractivity contribution >= 4 is 23.0 Å². The number of thiazole rings is 1. The van der Waals surface area contributed by atoms with E-state index in [-0.39, 0.29) is 6.04 Å². The van der Waals surface area contributed by atoms with Gasteiger partial charge in [0.15, 0.2) is 5.92 Å². The minimum absolute atomic E-state index is 0.139. The molecule has 0 aliphatic carbocycles. The number of nitriles is 1. The van der Waals surface area contributed by atoms with Crippen molar-refractivity contribution in [1.82, 2.24) is 20.1 Å². The lowest BCUT2D eigenvalue weighted by Gasteiger charge is -2.11. The number of Topliss-reactive ketones (excluding diaryl/α,β-unsaturated/α-hetero) is 1. The van der Waals surface area contributed by atoms with Gasteiger partial charge in [-0.15, -0.1) is 11.3 Å². The van der Waals surface area contributed by atoms with Crippen molar-refractivity contribution in [2.24, 2.45) is 13.0 Å². The Morgan fingerprint density at radius 2 is 2.13 bits per heavy atom. The summed E-state index contributed by atoms with van der Waals surface area (Å²) in [6.07, 6.45) is 3.44. The molecule has 2 heterocycles. The summed E-state index contributed by atoms with van der Waals surface area (Å²) in [5.74, 6) is -2.46. The summed E-state index contributed by atoms with van der Waals surface area (Å²) in [5, 5.41) is 16.5. The molecular formula is C15H17N5O2S. The molecule has 0 radical (unpaired) electrons. The zero-order valence-electron chi connectivity index (χ0n) is 13.3. The number of nitrogens with one attached hydrogen (secondary N) is 1. The van der Waals surface area contributed by atoms with E-state index in [0.717, 1.165) is 5.56 Å². The number of hydrogen-bond donors (Lipinski definition) is 1. The smallest absolute Gasteiger partial charge is 0.245 e. The Labute approximate surface area is 138 Å². The largest absolute Gasteiger partial charge is 0.352 e. The zero-order chi connectivity index (χ0) is 17.1. The first-order valence-electron chi connectivity index (χ1n) is 7.04. The van der Waals surface area contributed by atoms with Gasteiger partial charge in [0, 0.05) is 24.8 Å². The molecular weight excluding hydrogens is 314 g/mol. The predicted molar refractivity (Wildman–Crippen MR) is 85.8 cm³/mol. The molecule has 0 spiro atoms. The Morgan fingerprint density at radius 3 is 2.65 bits per heavy atom. The van der Waals surface area contributed by atoms with Crippen LogP contribution in [0.15, 0.2) is 12.4 Å². The number of amides is 1. The normalized spacial score (nSPS) is 12.0.